The Labute approximate surface area is 122 Å². The van der Waals surface area contributed by atoms with Crippen molar-refractivity contribution in [2.45, 2.75) is 11.4 Å². The summed E-state index contributed by atoms with van der Waals surface area (Å²) in [6.45, 7) is 0.174. The Morgan fingerprint density at radius 2 is 1.90 bits per heavy atom. The Morgan fingerprint density at radius 3 is 2.43 bits per heavy atom. The summed E-state index contributed by atoms with van der Waals surface area (Å²) < 4.78 is 25.9. The molecule has 2 rings (SSSR count). The van der Waals surface area contributed by atoms with Gasteiger partial charge in [-0.05, 0) is 23.8 Å². The molecular weight excluding hydrogens is 294 g/mol. The summed E-state index contributed by atoms with van der Waals surface area (Å²) in [5, 5.41) is 10.6. The van der Waals surface area contributed by atoms with Crippen molar-refractivity contribution in [1.82, 2.24) is 9.29 Å². The summed E-state index contributed by atoms with van der Waals surface area (Å²) >= 11 is 0. The molecule has 1 heterocycles. The van der Waals surface area contributed by atoms with Crippen LogP contribution in [0.2, 0.25) is 0 Å². The molecule has 0 N–H and O–H groups in total. The zero-order valence-corrected chi connectivity index (χ0v) is 12.0. The predicted octanol–water partition coefficient (Wildman–Crippen LogP) is 1.81. The SMILES string of the molecule is CN(Cc1cccnc1)S(=O)(=O)c1ccc([N+](=O)[O-])cc1. The molecule has 0 unspecified atom stereocenters. The zero-order chi connectivity index (χ0) is 15.5. The van der Waals surface area contributed by atoms with E-state index in [0.717, 1.165) is 5.56 Å². The number of benzene rings is 1. The number of nitro groups is 1. The lowest BCUT2D eigenvalue weighted by Gasteiger charge is -2.17. The van der Waals surface area contributed by atoms with E-state index < -0.39 is 14.9 Å². The number of nitro benzene ring substituents is 1. The molecule has 0 saturated carbocycles. The molecule has 1 aromatic carbocycles. The van der Waals surface area contributed by atoms with E-state index in [2.05, 4.69) is 4.98 Å². The second-order valence-electron chi connectivity index (χ2n) is 4.37. The van der Waals surface area contributed by atoms with E-state index >= 15 is 0 Å². The molecule has 0 bridgehead atoms. The van der Waals surface area contributed by atoms with Crippen molar-refractivity contribution in [3.63, 3.8) is 0 Å². The molecule has 1 aromatic heterocycles. The highest BCUT2D eigenvalue weighted by molar-refractivity contribution is 7.89. The summed E-state index contributed by atoms with van der Waals surface area (Å²) in [6.07, 6.45) is 3.19. The standard InChI is InChI=1S/C13H13N3O4S/c1-15(10-11-3-2-8-14-9-11)21(19,20)13-6-4-12(5-7-13)16(17)18/h2-9H,10H2,1H3. The first-order valence-electron chi connectivity index (χ1n) is 6.01. The first-order valence-corrected chi connectivity index (χ1v) is 7.45. The van der Waals surface area contributed by atoms with Crippen molar-refractivity contribution in [2.75, 3.05) is 7.05 Å². The summed E-state index contributed by atoms with van der Waals surface area (Å²) in [5.41, 5.74) is 0.606. The number of sulfonamides is 1. The van der Waals surface area contributed by atoms with Crippen molar-refractivity contribution in [1.29, 1.82) is 0 Å². The number of aromatic nitrogens is 1. The van der Waals surface area contributed by atoms with Gasteiger partial charge in [0.2, 0.25) is 10.0 Å². The van der Waals surface area contributed by atoms with E-state index in [1.807, 2.05) is 0 Å². The average Bonchev–Trinajstić information content (AvgIpc) is 2.48. The van der Waals surface area contributed by atoms with Gasteiger partial charge in [0.1, 0.15) is 0 Å². The smallest absolute Gasteiger partial charge is 0.264 e. The minimum absolute atomic E-state index is 0.0134. The minimum atomic E-state index is -3.70. The highest BCUT2D eigenvalue weighted by Crippen LogP contribution is 2.19. The fourth-order valence-electron chi connectivity index (χ4n) is 1.75. The maximum Gasteiger partial charge on any atom is 0.269 e. The van der Waals surface area contributed by atoms with Gasteiger partial charge in [-0.2, -0.15) is 4.31 Å². The molecule has 8 heteroatoms. The van der Waals surface area contributed by atoms with Crippen LogP contribution in [-0.4, -0.2) is 29.7 Å². The number of nitrogens with zero attached hydrogens (tertiary/aromatic N) is 3. The van der Waals surface area contributed by atoms with Crippen LogP contribution in [0, 0.1) is 10.1 Å². The maximum absolute atomic E-state index is 12.4. The second-order valence-corrected chi connectivity index (χ2v) is 6.42. The maximum atomic E-state index is 12.4. The normalized spacial score (nSPS) is 11.5. The number of hydrogen-bond acceptors (Lipinski definition) is 5. The van der Waals surface area contributed by atoms with Crippen LogP contribution < -0.4 is 0 Å². The number of hydrogen-bond donors (Lipinski definition) is 0. The van der Waals surface area contributed by atoms with Gasteiger partial charge in [0, 0.05) is 38.1 Å². The fraction of sp³-hybridized carbons (Fsp3) is 0.154. The summed E-state index contributed by atoms with van der Waals surface area (Å²) in [5.74, 6) is 0. The third-order valence-corrected chi connectivity index (χ3v) is 4.70. The van der Waals surface area contributed by atoms with E-state index in [9.17, 15) is 18.5 Å². The fourth-order valence-corrected chi connectivity index (χ4v) is 2.91. The highest BCUT2D eigenvalue weighted by atomic mass is 32.2. The number of rotatable bonds is 5. The van der Waals surface area contributed by atoms with Crippen LogP contribution in [0.1, 0.15) is 5.56 Å². The number of pyridine rings is 1. The van der Waals surface area contributed by atoms with Gasteiger partial charge in [-0.25, -0.2) is 8.42 Å². The molecule has 0 spiro atoms. The Balaban J connectivity index is 2.22. The minimum Gasteiger partial charge on any atom is -0.264 e. The van der Waals surface area contributed by atoms with Gasteiger partial charge < -0.3 is 0 Å². The van der Waals surface area contributed by atoms with Crippen LogP contribution in [0.5, 0.6) is 0 Å². The van der Waals surface area contributed by atoms with Crippen molar-refractivity contribution < 1.29 is 13.3 Å². The van der Waals surface area contributed by atoms with Gasteiger partial charge in [0.05, 0.1) is 9.82 Å². The van der Waals surface area contributed by atoms with Gasteiger partial charge in [-0.15, -0.1) is 0 Å². The molecule has 0 saturated heterocycles. The van der Waals surface area contributed by atoms with Gasteiger partial charge >= 0.3 is 0 Å². The van der Waals surface area contributed by atoms with Crippen molar-refractivity contribution in [2.24, 2.45) is 0 Å². The molecule has 21 heavy (non-hydrogen) atoms. The van der Waals surface area contributed by atoms with Crippen LogP contribution in [0.25, 0.3) is 0 Å². The van der Waals surface area contributed by atoms with Crippen molar-refractivity contribution in [3.8, 4) is 0 Å². The number of non-ortho nitro benzene ring substituents is 1. The largest absolute Gasteiger partial charge is 0.269 e. The van der Waals surface area contributed by atoms with Gasteiger partial charge in [0.15, 0.2) is 0 Å². The Bertz CT molecular complexity index is 730. The molecule has 0 aliphatic heterocycles. The molecule has 0 fully saturated rings. The molecule has 0 amide bonds. The zero-order valence-electron chi connectivity index (χ0n) is 11.2. The monoisotopic (exact) mass is 307 g/mol. The van der Waals surface area contributed by atoms with Gasteiger partial charge in [-0.3, -0.25) is 15.1 Å². The van der Waals surface area contributed by atoms with E-state index in [-0.39, 0.29) is 17.1 Å². The lowest BCUT2D eigenvalue weighted by atomic mass is 10.3. The second kappa shape index (κ2) is 5.98. The van der Waals surface area contributed by atoms with Crippen LogP contribution in [0.3, 0.4) is 0 Å². The van der Waals surface area contributed by atoms with Crippen LogP contribution in [0.4, 0.5) is 5.69 Å². The summed E-state index contributed by atoms with van der Waals surface area (Å²) in [4.78, 5) is 13.9. The molecule has 110 valence electrons. The molecular formula is C13H13N3O4S. The van der Waals surface area contributed by atoms with E-state index in [4.69, 9.17) is 0 Å². The molecule has 0 aliphatic carbocycles. The predicted molar refractivity (Wildman–Crippen MR) is 76.0 cm³/mol. The lowest BCUT2D eigenvalue weighted by molar-refractivity contribution is -0.384. The third-order valence-electron chi connectivity index (χ3n) is 2.88. The van der Waals surface area contributed by atoms with Gasteiger partial charge in [-0.1, -0.05) is 6.07 Å². The highest BCUT2D eigenvalue weighted by Gasteiger charge is 2.21. The Hall–Kier alpha value is -2.32. The summed E-state index contributed by atoms with van der Waals surface area (Å²) in [6, 6.07) is 8.30. The molecule has 2 aromatic rings. The molecule has 7 nitrogen and oxygen atoms in total. The molecule has 0 atom stereocenters. The first kappa shape index (κ1) is 15.1. The Morgan fingerprint density at radius 1 is 1.24 bits per heavy atom. The third kappa shape index (κ3) is 3.41. The topological polar surface area (TPSA) is 93.4 Å². The molecule has 0 radical (unpaired) electrons. The lowest BCUT2D eigenvalue weighted by Crippen LogP contribution is -2.26. The summed E-state index contributed by atoms with van der Waals surface area (Å²) in [7, 11) is -2.25. The molecule has 0 aliphatic rings. The Kier molecular flexibility index (Phi) is 4.29. The average molecular weight is 307 g/mol. The quantitative estimate of drug-likeness (QED) is 0.620. The first-order chi connectivity index (χ1) is 9.91. The van der Waals surface area contributed by atoms with E-state index in [1.54, 1.807) is 24.5 Å². The van der Waals surface area contributed by atoms with Crippen LogP contribution in [-0.2, 0) is 16.6 Å². The van der Waals surface area contributed by atoms with Gasteiger partial charge in [0.25, 0.3) is 5.69 Å². The van der Waals surface area contributed by atoms with Crippen LogP contribution >= 0.6 is 0 Å². The van der Waals surface area contributed by atoms with Crippen molar-refractivity contribution in [3.05, 3.63) is 64.5 Å². The van der Waals surface area contributed by atoms with E-state index in [1.165, 1.54) is 35.6 Å². The van der Waals surface area contributed by atoms with E-state index in [0.29, 0.717) is 0 Å². The van der Waals surface area contributed by atoms with Crippen molar-refractivity contribution >= 4 is 15.7 Å². The van der Waals surface area contributed by atoms with Crippen LogP contribution in [0.15, 0.2) is 53.7 Å².